The molecular formula is C14H20N2O3. The Hall–Kier alpha value is -1.88. The average Bonchev–Trinajstić information content (AvgIpc) is 2.35. The first-order valence-electron chi connectivity index (χ1n) is 6.12. The monoisotopic (exact) mass is 264 g/mol. The van der Waals surface area contributed by atoms with E-state index in [4.69, 9.17) is 5.11 Å². The summed E-state index contributed by atoms with van der Waals surface area (Å²) < 4.78 is 0. The van der Waals surface area contributed by atoms with Gasteiger partial charge in [-0.3, -0.25) is 10.1 Å². The molecular weight excluding hydrogens is 244 g/mol. The van der Waals surface area contributed by atoms with Crippen molar-refractivity contribution < 1.29 is 14.7 Å². The highest BCUT2D eigenvalue weighted by Gasteiger charge is 2.23. The molecule has 0 aliphatic rings. The summed E-state index contributed by atoms with van der Waals surface area (Å²) in [6.07, 6.45) is 0. The van der Waals surface area contributed by atoms with Crippen LogP contribution in [-0.2, 0) is 16.1 Å². The number of aryl methyl sites for hydroxylation is 1. The lowest BCUT2D eigenvalue weighted by atomic mass is 9.99. The summed E-state index contributed by atoms with van der Waals surface area (Å²) in [6.45, 7) is 6.39. The third-order valence-electron chi connectivity index (χ3n) is 3.42. The number of aliphatic carboxylic acids is 1. The molecule has 0 radical (unpaired) electrons. The van der Waals surface area contributed by atoms with Gasteiger partial charge in [-0.15, -0.1) is 0 Å². The molecule has 1 rings (SSSR count). The van der Waals surface area contributed by atoms with Gasteiger partial charge in [0.2, 0.25) is 5.91 Å². The number of carboxylic acid groups (broad SMARTS) is 1. The minimum atomic E-state index is -1.22. The molecule has 1 aromatic rings. The van der Waals surface area contributed by atoms with E-state index in [0.29, 0.717) is 6.54 Å². The number of carbonyl (C=O) groups excluding carboxylic acids is 1. The van der Waals surface area contributed by atoms with E-state index in [0.717, 1.165) is 11.1 Å². The Morgan fingerprint density at radius 1 is 1.21 bits per heavy atom. The van der Waals surface area contributed by atoms with Crippen LogP contribution in [0.15, 0.2) is 12.1 Å². The van der Waals surface area contributed by atoms with Gasteiger partial charge in [0.25, 0.3) is 0 Å². The summed E-state index contributed by atoms with van der Waals surface area (Å²) in [6, 6.07) is 2.73. The van der Waals surface area contributed by atoms with E-state index in [1.54, 1.807) is 0 Å². The summed E-state index contributed by atoms with van der Waals surface area (Å²) in [5, 5.41) is 14.0. The molecule has 1 amide bonds. The molecule has 1 unspecified atom stereocenters. The fourth-order valence-corrected chi connectivity index (χ4v) is 1.85. The molecule has 5 nitrogen and oxygen atoms in total. The maximum Gasteiger partial charge on any atom is 0.330 e. The lowest BCUT2D eigenvalue weighted by Gasteiger charge is -2.14. The van der Waals surface area contributed by atoms with E-state index in [1.165, 1.54) is 18.2 Å². The zero-order chi connectivity index (χ0) is 14.6. The fraction of sp³-hybridized carbons (Fsp3) is 0.429. The van der Waals surface area contributed by atoms with E-state index in [2.05, 4.69) is 10.6 Å². The highest BCUT2D eigenvalue weighted by Crippen LogP contribution is 2.16. The normalized spacial score (nSPS) is 12.0. The van der Waals surface area contributed by atoms with Crippen LogP contribution in [0.25, 0.3) is 0 Å². The number of hydrogen-bond acceptors (Lipinski definition) is 3. The summed E-state index contributed by atoms with van der Waals surface area (Å²) in [5.41, 5.74) is 4.51. The van der Waals surface area contributed by atoms with Crippen LogP contribution in [-0.4, -0.2) is 30.1 Å². The number of rotatable bonds is 5. The van der Waals surface area contributed by atoms with Crippen molar-refractivity contribution in [2.24, 2.45) is 0 Å². The van der Waals surface area contributed by atoms with Crippen molar-refractivity contribution in [3.63, 3.8) is 0 Å². The Labute approximate surface area is 113 Å². The Morgan fingerprint density at radius 2 is 1.84 bits per heavy atom. The highest BCUT2D eigenvalue weighted by molar-refractivity contribution is 6.01. The summed E-state index contributed by atoms with van der Waals surface area (Å²) in [4.78, 5) is 22.5. The zero-order valence-electron chi connectivity index (χ0n) is 11.7. The van der Waals surface area contributed by atoms with Crippen molar-refractivity contribution in [2.75, 3.05) is 7.05 Å². The Morgan fingerprint density at radius 3 is 2.37 bits per heavy atom. The number of nitrogens with one attached hydrogen (secondary N) is 2. The van der Waals surface area contributed by atoms with Gasteiger partial charge >= 0.3 is 5.97 Å². The van der Waals surface area contributed by atoms with Gasteiger partial charge in [-0.25, -0.2) is 4.79 Å². The van der Waals surface area contributed by atoms with Gasteiger partial charge < -0.3 is 10.4 Å². The molecule has 1 aromatic carbocycles. The van der Waals surface area contributed by atoms with Gasteiger partial charge in [0.15, 0.2) is 6.04 Å². The molecule has 0 saturated carbocycles. The molecule has 1 atom stereocenters. The van der Waals surface area contributed by atoms with Gasteiger partial charge in [-0.05, 0) is 50.1 Å². The smallest absolute Gasteiger partial charge is 0.330 e. The number of benzene rings is 1. The molecule has 0 bridgehead atoms. The standard InChI is InChI=1S/C14H20N2O3/c1-8-5-6-11(10(3)9(8)2)7-16-13(17)12(15-4)14(18)19/h5-6,12,15H,7H2,1-4H3,(H,16,17)(H,18,19). The molecule has 0 aromatic heterocycles. The number of carbonyl (C=O) groups is 2. The SMILES string of the molecule is CNC(C(=O)O)C(=O)NCc1ccc(C)c(C)c1C. The topological polar surface area (TPSA) is 78.4 Å². The number of carboxylic acids is 1. The van der Waals surface area contributed by atoms with Crippen LogP contribution in [0.4, 0.5) is 0 Å². The van der Waals surface area contributed by atoms with Crippen molar-refractivity contribution in [2.45, 2.75) is 33.4 Å². The van der Waals surface area contributed by atoms with Crippen LogP contribution >= 0.6 is 0 Å². The lowest BCUT2D eigenvalue weighted by Crippen LogP contribution is -2.47. The predicted octanol–water partition coefficient (Wildman–Crippen LogP) is 0.901. The molecule has 0 aliphatic carbocycles. The molecule has 5 heteroatoms. The van der Waals surface area contributed by atoms with Gasteiger partial charge in [-0.1, -0.05) is 12.1 Å². The minimum absolute atomic E-state index is 0.331. The quantitative estimate of drug-likeness (QED) is 0.690. The number of amides is 1. The highest BCUT2D eigenvalue weighted by atomic mass is 16.4. The second kappa shape index (κ2) is 6.33. The number of hydrogen-bond donors (Lipinski definition) is 3. The van der Waals surface area contributed by atoms with E-state index >= 15 is 0 Å². The van der Waals surface area contributed by atoms with Crippen LogP contribution in [0.5, 0.6) is 0 Å². The van der Waals surface area contributed by atoms with Crippen molar-refractivity contribution in [3.8, 4) is 0 Å². The zero-order valence-corrected chi connectivity index (χ0v) is 11.7. The van der Waals surface area contributed by atoms with Gasteiger partial charge in [0.1, 0.15) is 0 Å². The molecule has 0 heterocycles. The molecule has 0 fully saturated rings. The Balaban J connectivity index is 2.75. The van der Waals surface area contributed by atoms with Crippen molar-refractivity contribution in [1.29, 1.82) is 0 Å². The van der Waals surface area contributed by atoms with Crippen LogP contribution < -0.4 is 10.6 Å². The Bertz CT molecular complexity index is 498. The van der Waals surface area contributed by atoms with Crippen LogP contribution in [0, 0.1) is 20.8 Å². The molecule has 19 heavy (non-hydrogen) atoms. The second-order valence-electron chi connectivity index (χ2n) is 4.57. The Kier molecular flexibility index (Phi) is 5.06. The molecule has 0 saturated heterocycles. The van der Waals surface area contributed by atoms with E-state index in [1.807, 2.05) is 32.9 Å². The first kappa shape index (κ1) is 15.2. The van der Waals surface area contributed by atoms with Crippen molar-refractivity contribution in [1.82, 2.24) is 10.6 Å². The van der Waals surface area contributed by atoms with Crippen LogP contribution in [0.1, 0.15) is 22.3 Å². The second-order valence-corrected chi connectivity index (χ2v) is 4.57. The molecule has 104 valence electrons. The van der Waals surface area contributed by atoms with Crippen molar-refractivity contribution >= 4 is 11.9 Å². The molecule has 0 spiro atoms. The third-order valence-corrected chi connectivity index (χ3v) is 3.42. The van der Waals surface area contributed by atoms with Gasteiger partial charge in [0.05, 0.1) is 0 Å². The maximum absolute atomic E-state index is 11.7. The third kappa shape index (κ3) is 3.54. The average molecular weight is 264 g/mol. The molecule has 0 aliphatic heterocycles. The summed E-state index contributed by atoms with van der Waals surface area (Å²) in [5.74, 6) is -1.72. The van der Waals surface area contributed by atoms with Gasteiger partial charge in [-0.2, -0.15) is 0 Å². The van der Waals surface area contributed by atoms with E-state index in [-0.39, 0.29) is 0 Å². The first-order valence-corrected chi connectivity index (χ1v) is 6.12. The number of likely N-dealkylation sites (N-methyl/N-ethyl adjacent to an activating group) is 1. The predicted molar refractivity (Wildman–Crippen MR) is 73.0 cm³/mol. The molecule has 3 N–H and O–H groups in total. The van der Waals surface area contributed by atoms with Crippen molar-refractivity contribution in [3.05, 3.63) is 34.4 Å². The fourth-order valence-electron chi connectivity index (χ4n) is 1.85. The van der Waals surface area contributed by atoms with E-state index in [9.17, 15) is 9.59 Å². The minimum Gasteiger partial charge on any atom is -0.480 e. The van der Waals surface area contributed by atoms with Crippen LogP contribution in [0.3, 0.4) is 0 Å². The van der Waals surface area contributed by atoms with E-state index < -0.39 is 17.9 Å². The maximum atomic E-state index is 11.7. The largest absolute Gasteiger partial charge is 0.480 e. The lowest BCUT2D eigenvalue weighted by molar-refractivity contribution is -0.143. The first-order chi connectivity index (χ1) is 8.88. The van der Waals surface area contributed by atoms with Crippen LogP contribution in [0.2, 0.25) is 0 Å². The summed E-state index contributed by atoms with van der Waals surface area (Å²) >= 11 is 0. The van der Waals surface area contributed by atoms with Gasteiger partial charge in [0, 0.05) is 6.54 Å². The summed E-state index contributed by atoms with van der Waals surface area (Å²) in [7, 11) is 1.44.